The highest BCUT2D eigenvalue weighted by Gasteiger charge is 2.29. The van der Waals surface area contributed by atoms with Crippen molar-refractivity contribution in [2.45, 2.75) is 42.2 Å². The Morgan fingerprint density at radius 2 is 1.67 bits per heavy atom. The van der Waals surface area contributed by atoms with Crippen molar-refractivity contribution in [2.75, 3.05) is 27.2 Å². The summed E-state index contributed by atoms with van der Waals surface area (Å²) < 4.78 is 62.6. The van der Waals surface area contributed by atoms with Crippen LogP contribution in [0.4, 0.5) is 0 Å². The maximum atomic E-state index is 12.9. The van der Waals surface area contributed by atoms with Gasteiger partial charge in [0.25, 0.3) is 0 Å². The summed E-state index contributed by atoms with van der Waals surface area (Å²) in [4.78, 5) is 12.9. The number of ether oxygens (including phenoxy) is 1. The summed E-state index contributed by atoms with van der Waals surface area (Å²) in [6.07, 6.45) is 1.93. The summed E-state index contributed by atoms with van der Waals surface area (Å²) in [6.45, 7) is 3.05. The predicted octanol–water partition coefficient (Wildman–Crippen LogP) is 2.23. The molecule has 0 radical (unpaired) electrons. The Labute approximate surface area is 195 Å². The third kappa shape index (κ3) is 6.11. The lowest BCUT2D eigenvalue weighted by Crippen LogP contribution is -2.35. The number of nitrogens with zero attached hydrogens (tertiary/aromatic N) is 2. The fraction of sp³-hybridized carbons (Fsp3) is 0.409. The molecule has 3 rings (SSSR count). The van der Waals surface area contributed by atoms with Gasteiger partial charge in [-0.2, -0.15) is 8.42 Å². The first-order valence-electron chi connectivity index (χ1n) is 10.4. The standard InChI is InChI=1S/C22H28N2O7S2/c1-17(25)24(16-20-7-6-14-30-20)15-18-10-12-19(13-11-18)31-33(28,29)22-9-5-4-8-21(22)32(26,27)23(2)3/h4-5,8-13,20H,6-7,14-16H2,1-3H3/t20-/m1/s1. The minimum Gasteiger partial charge on any atom is -0.379 e. The summed E-state index contributed by atoms with van der Waals surface area (Å²) in [7, 11) is -5.77. The quantitative estimate of drug-likeness (QED) is 0.490. The molecule has 9 nitrogen and oxygen atoms in total. The van der Waals surface area contributed by atoms with E-state index in [1.54, 1.807) is 17.0 Å². The highest BCUT2D eigenvalue weighted by Crippen LogP contribution is 2.26. The maximum Gasteiger partial charge on any atom is 0.340 e. The van der Waals surface area contributed by atoms with Crippen molar-refractivity contribution in [1.29, 1.82) is 0 Å². The molecule has 1 heterocycles. The average molecular weight is 497 g/mol. The van der Waals surface area contributed by atoms with E-state index in [2.05, 4.69) is 0 Å². The van der Waals surface area contributed by atoms with Gasteiger partial charge < -0.3 is 13.8 Å². The fourth-order valence-corrected chi connectivity index (χ4v) is 6.05. The van der Waals surface area contributed by atoms with E-state index in [0.29, 0.717) is 19.7 Å². The van der Waals surface area contributed by atoms with Crippen LogP contribution in [0.5, 0.6) is 5.75 Å². The van der Waals surface area contributed by atoms with Gasteiger partial charge in [0.2, 0.25) is 15.9 Å². The number of sulfonamides is 1. The normalized spacial score (nSPS) is 16.7. The second kappa shape index (κ2) is 10.2. The minimum absolute atomic E-state index is 0.0279. The lowest BCUT2D eigenvalue weighted by molar-refractivity contribution is -0.131. The summed E-state index contributed by atoms with van der Waals surface area (Å²) in [5.74, 6) is -0.0450. The second-order valence-electron chi connectivity index (χ2n) is 7.95. The number of rotatable bonds is 9. The van der Waals surface area contributed by atoms with Crippen molar-refractivity contribution in [3.05, 3.63) is 54.1 Å². The molecule has 1 aliphatic rings. The number of carbonyl (C=O) groups is 1. The highest BCUT2D eigenvalue weighted by molar-refractivity contribution is 7.91. The molecule has 33 heavy (non-hydrogen) atoms. The molecule has 1 atom stereocenters. The van der Waals surface area contributed by atoms with Crippen molar-refractivity contribution in [2.24, 2.45) is 0 Å². The van der Waals surface area contributed by atoms with Crippen LogP contribution in [0.2, 0.25) is 0 Å². The van der Waals surface area contributed by atoms with E-state index < -0.39 is 25.0 Å². The Hall–Kier alpha value is -2.47. The molecule has 2 aromatic rings. The van der Waals surface area contributed by atoms with E-state index in [4.69, 9.17) is 8.92 Å². The summed E-state index contributed by atoms with van der Waals surface area (Å²) in [5, 5.41) is 0. The zero-order chi connectivity index (χ0) is 24.2. The van der Waals surface area contributed by atoms with Gasteiger partial charge >= 0.3 is 10.1 Å². The summed E-state index contributed by atoms with van der Waals surface area (Å²) >= 11 is 0. The van der Waals surface area contributed by atoms with Gasteiger partial charge in [-0.25, -0.2) is 12.7 Å². The first-order valence-corrected chi connectivity index (χ1v) is 13.3. The summed E-state index contributed by atoms with van der Waals surface area (Å²) in [6, 6.07) is 11.6. The molecule has 0 saturated carbocycles. The molecule has 0 N–H and O–H groups in total. The number of carbonyl (C=O) groups excluding carboxylic acids is 1. The number of hydrogen-bond donors (Lipinski definition) is 0. The smallest absolute Gasteiger partial charge is 0.340 e. The van der Waals surface area contributed by atoms with E-state index in [1.807, 2.05) is 0 Å². The number of hydrogen-bond acceptors (Lipinski definition) is 7. The monoisotopic (exact) mass is 496 g/mol. The molecule has 11 heteroatoms. The topological polar surface area (TPSA) is 110 Å². The van der Waals surface area contributed by atoms with Crippen LogP contribution >= 0.6 is 0 Å². The average Bonchev–Trinajstić information content (AvgIpc) is 3.27. The van der Waals surface area contributed by atoms with E-state index in [9.17, 15) is 21.6 Å². The molecule has 1 saturated heterocycles. The number of amides is 1. The van der Waals surface area contributed by atoms with Crippen LogP contribution in [-0.2, 0) is 36.2 Å². The van der Waals surface area contributed by atoms with Crippen molar-refractivity contribution >= 4 is 26.0 Å². The van der Waals surface area contributed by atoms with Crippen LogP contribution in [0.3, 0.4) is 0 Å². The third-order valence-corrected chi connectivity index (χ3v) is 8.58. The van der Waals surface area contributed by atoms with Crippen LogP contribution in [0.25, 0.3) is 0 Å². The Balaban J connectivity index is 1.76. The van der Waals surface area contributed by atoms with Crippen LogP contribution in [-0.4, -0.2) is 65.3 Å². The van der Waals surface area contributed by atoms with Crippen molar-refractivity contribution in [1.82, 2.24) is 9.21 Å². The largest absolute Gasteiger partial charge is 0.379 e. The lowest BCUT2D eigenvalue weighted by Gasteiger charge is -2.24. The Morgan fingerprint density at radius 1 is 1.03 bits per heavy atom. The van der Waals surface area contributed by atoms with E-state index >= 15 is 0 Å². The second-order valence-corrected chi connectivity index (χ2v) is 11.6. The van der Waals surface area contributed by atoms with Gasteiger partial charge in [-0.3, -0.25) is 4.79 Å². The van der Waals surface area contributed by atoms with Gasteiger partial charge in [0.1, 0.15) is 15.5 Å². The SMILES string of the molecule is CC(=O)N(Cc1ccc(OS(=O)(=O)c2ccccc2S(=O)(=O)N(C)C)cc1)C[C@H]1CCCO1. The van der Waals surface area contributed by atoms with E-state index in [-0.39, 0.29) is 22.7 Å². The number of benzene rings is 2. The molecule has 2 aromatic carbocycles. The van der Waals surface area contributed by atoms with Crippen molar-refractivity contribution < 1.29 is 30.6 Å². The van der Waals surface area contributed by atoms with Gasteiger partial charge in [-0.1, -0.05) is 24.3 Å². The molecule has 1 fully saturated rings. The molecule has 1 aliphatic heterocycles. The van der Waals surface area contributed by atoms with Gasteiger partial charge in [-0.15, -0.1) is 0 Å². The van der Waals surface area contributed by atoms with Crippen LogP contribution in [0, 0.1) is 0 Å². The Bertz CT molecular complexity index is 1190. The zero-order valence-corrected chi connectivity index (χ0v) is 20.4. The highest BCUT2D eigenvalue weighted by atomic mass is 32.2. The van der Waals surface area contributed by atoms with Gasteiger partial charge in [0.15, 0.2) is 0 Å². The van der Waals surface area contributed by atoms with Gasteiger partial charge in [0.05, 0.1) is 6.10 Å². The maximum absolute atomic E-state index is 12.9. The van der Waals surface area contributed by atoms with Crippen molar-refractivity contribution in [3.63, 3.8) is 0 Å². The lowest BCUT2D eigenvalue weighted by atomic mass is 10.1. The fourth-order valence-electron chi connectivity index (χ4n) is 3.45. The molecule has 0 spiro atoms. The Morgan fingerprint density at radius 3 is 2.21 bits per heavy atom. The molecule has 1 amide bonds. The van der Waals surface area contributed by atoms with E-state index in [0.717, 1.165) is 22.7 Å². The summed E-state index contributed by atoms with van der Waals surface area (Å²) in [5.41, 5.74) is 0.795. The Kier molecular flexibility index (Phi) is 7.78. The van der Waals surface area contributed by atoms with Crippen LogP contribution in [0.1, 0.15) is 25.3 Å². The first-order chi connectivity index (χ1) is 15.5. The minimum atomic E-state index is -4.41. The van der Waals surface area contributed by atoms with Crippen LogP contribution in [0.15, 0.2) is 58.3 Å². The third-order valence-electron chi connectivity index (χ3n) is 5.27. The first kappa shape index (κ1) is 25.2. The molecule has 0 aromatic heterocycles. The molecule has 0 aliphatic carbocycles. The molecule has 0 bridgehead atoms. The van der Waals surface area contributed by atoms with Gasteiger partial charge in [-0.05, 0) is 42.7 Å². The zero-order valence-electron chi connectivity index (χ0n) is 18.8. The molecule has 180 valence electrons. The van der Waals surface area contributed by atoms with E-state index in [1.165, 1.54) is 57.4 Å². The molecular formula is C22H28N2O7S2. The molecule has 0 unspecified atom stereocenters. The predicted molar refractivity (Wildman–Crippen MR) is 122 cm³/mol. The van der Waals surface area contributed by atoms with Crippen LogP contribution < -0.4 is 4.18 Å². The van der Waals surface area contributed by atoms with Gasteiger partial charge in [0, 0.05) is 40.7 Å². The van der Waals surface area contributed by atoms with Crippen molar-refractivity contribution in [3.8, 4) is 5.75 Å². The molecular weight excluding hydrogens is 468 g/mol.